The zero-order valence-corrected chi connectivity index (χ0v) is 10.6. The van der Waals surface area contributed by atoms with Crippen LogP contribution in [0.4, 0.5) is 0 Å². The monoisotopic (exact) mass is 232 g/mol. The molecule has 1 aliphatic heterocycles. The van der Waals surface area contributed by atoms with Crippen molar-refractivity contribution in [3.05, 3.63) is 30.1 Å². The summed E-state index contributed by atoms with van der Waals surface area (Å²) < 4.78 is 5.43. The number of aromatic nitrogens is 1. The van der Waals surface area contributed by atoms with Crippen molar-refractivity contribution in [3.8, 4) is 5.75 Å². The van der Waals surface area contributed by atoms with Gasteiger partial charge in [0, 0.05) is 12.7 Å². The lowest BCUT2D eigenvalue weighted by Gasteiger charge is -2.06. The van der Waals surface area contributed by atoms with Crippen molar-refractivity contribution in [3.63, 3.8) is 0 Å². The number of ether oxygens (including phenoxy) is 1. The smallest absolute Gasteiger partial charge is 0.138 e. The Morgan fingerprint density at radius 2 is 2.41 bits per heavy atom. The molecule has 92 valence electrons. The maximum Gasteiger partial charge on any atom is 0.138 e. The number of likely N-dealkylation sites (tertiary alicyclic amines) is 1. The lowest BCUT2D eigenvalue weighted by atomic mass is 10.1. The fraction of sp³-hybridized carbons (Fsp3) is 0.500. The molecular formula is C14H20N2O. The summed E-state index contributed by atoms with van der Waals surface area (Å²) in [5, 5.41) is 0. The topological polar surface area (TPSA) is 25.4 Å². The lowest BCUT2D eigenvalue weighted by Crippen LogP contribution is -2.13. The summed E-state index contributed by atoms with van der Waals surface area (Å²) in [6.07, 6.45) is 9.32. The van der Waals surface area contributed by atoms with Crippen molar-refractivity contribution >= 4 is 6.08 Å². The number of rotatable bonds is 4. The van der Waals surface area contributed by atoms with Crippen molar-refractivity contribution in [2.75, 3.05) is 26.7 Å². The van der Waals surface area contributed by atoms with Crippen LogP contribution in [0.3, 0.4) is 0 Å². The first kappa shape index (κ1) is 12.1. The molecule has 1 fully saturated rings. The molecule has 0 N–H and O–H groups in total. The third kappa shape index (κ3) is 3.56. The van der Waals surface area contributed by atoms with Crippen molar-refractivity contribution in [2.24, 2.45) is 5.92 Å². The first-order chi connectivity index (χ1) is 8.28. The van der Waals surface area contributed by atoms with Crippen LogP contribution in [0.5, 0.6) is 5.75 Å². The molecule has 0 saturated carbocycles. The highest BCUT2D eigenvalue weighted by atomic mass is 16.5. The molecule has 0 radical (unpaired) electrons. The normalized spacial score (nSPS) is 21.2. The summed E-state index contributed by atoms with van der Waals surface area (Å²) in [5.41, 5.74) is 1.12. The molecule has 3 heteroatoms. The second-order valence-electron chi connectivity index (χ2n) is 4.56. The minimum Gasteiger partial charge on any atom is -0.492 e. The number of nitrogens with zero attached hydrogens (tertiary/aromatic N) is 2. The Morgan fingerprint density at radius 1 is 1.53 bits per heavy atom. The Morgan fingerprint density at radius 3 is 3.12 bits per heavy atom. The van der Waals surface area contributed by atoms with Crippen LogP contribution in [0.25, 0.3) is 6.08 Å². The Bertz CT molecular complexity index is 390. The zero-order valence-electron chi connectivity index (χ0n) is 10.6. The van der Waals surface area contributed by atoms with Crippen LogP contribution in [0.1, 0.15) is 18.9 Å². The quantitative estimate of drug-likeness (QED) is 0.797. The predicted molar refractivity (Wildman–Crippen MR) is 70.0 cm³/mol. The molecule has 0 aromatic carbocycles. The summed E-state index contributed by atoms with van der Waals surface area (Å²) >= 11 is 0. The van der Waals surface area contributed by atoms with E-state index in [-0.39, 0.29) is 0 Å². The van der Waals surface area contributed by atoms with E-state index in [1.54, 1.807) is 6.20 Å². The molecule has 0 spiro atoms. The van der Waals surface area contributed by atoms with Gasteiger partial charge in [-0.25, -0.2) is 0 Å². The molecule has 1 aromatic rings. The molecule has 0 aliphatic carbocycles. The van der Waals surface area contributed by atoms with Gasteiger partial charge in [0.15, 0.2) is 0 Å². The molecule has 0 bridgehead atoms. The van der Waals surface area contributed by atoms with Crippen LogP contribution < -0.4 is 4.74 Å². The van der Waals surface area contributed by atoms with Gasteiger partial charge in [-0.1, -0.05) is 12.2 Å². The molecule has 1 aromatic heterocycles. The van der Waals surface area contributed by atoms with E-state index in [1.807, 2.05) is 19.2 Å². The highest BCUT2D eigenvalue weighted by Gasteiger charge is 2.16. The van der Waals surface area contributed by atoms with Gasteiger partial charge < -0.3 is 9.64 Å². The first-order valence-electron chi connectivity index (χ1n) is 6.22. The van der Waals surface area contributed by atoms with Gasteiger partial charge in [-0.15, -0.1) is 0 Å². The Kier molecular flexibility index (Phi) is 4.15. The molecule has 1 aliphatic rings. The summed E-state index contributed by atoms with van der Waals surface area (Å²) in [4.78, 5) is 6.54. The molecule has 2 rings (SSSR count). The Balaban J connectivity index is 1.97. The van der Waals surface area contributed by atoms with Crippen LogP contribution in [0.2, 0.25) is 0 Å². The molecular weight excluding hydrogens is 212 g/mol. The Hall–Kier alpha value is -1.35. The first-order valence-corrected chi connectivity index (χ1v) is 6.22. The number of hydrogen-bond donors (Lipinski definition) is 0. The number of pyridine rings is 1. The Labute approximate surface area is 103 Å². The minimum atomic E-state index is 0.677. The van der Waals surface area contributed by atoms with Crippen molar-refractivity contribution in [1.82, 2.24) is 9.88 Å². The van der Waals surface area contributed by atoms with Gasteiger partial charge in [0.05, 0.1) is 12.8 Å². The average Bonchev–Trinajstić information content (AvgIpc) is 2.74. The van der Waals surface area contributed by atoms with E-state index >= 15 is 0 Å². The predicted octanol–water partition coefficient (Wildman–Crippen LogP) is 2.45. The molecule has 17 heavy (non-hydrogen) atoms. The zero-order chi connectivity index (χ0) is 12.1. The lowest BCUT2D eigenvalue weighted by molar-refractivity contribution is 0.339. The van der Waals surface area contributed by atoms with Crippen LogP contribution in [0.15, 0.2) is 24.5 Å². The maximum absolute atomic E-state index is 5.43. The van der Waals surface area contributed by atoms with Gasteiger partial charge in [0.2, 0.25) is 0 Å². The summed E-state index contributed by atoms with van der Waals surface area (Å²) in [6, 6.07) is 2.03. The van der Waals surface area contributed by atoms with Crippen LogP contribution in [-0.4, -0.2) is 36.6 Å². The van der Waals surface area contributed by atoms with Gasteiger partial charge >= 0.3 is 0 Å². The SMILES string of the molecule is CCOc1cncc(C=CC2CCN(C)C2)c1. The van der Waals surface area contributed by atoms with E-state index in [0.717, 1.165) is 17.9 Å². The highest BCUT2D eigenvalue weighted by Crippen LogP contribution is 2.18. The van der Waals surface area contributed by atoms with Crippen molar-refractivity contribution < 1.29 is 4.74 Å². The largest absolute Gasteiger partial charge is 0.492 e. The number of hydrogen-bond acceptors (Lipinski definition) is 3. The molecule has 3 nitrogen and oxygen atoms in total. The molecule has 1 saturated heterocycles. The standard InChI is InChI=1S/C14H20N2O/c1-3-17-14-8-13(9-15-10-14)5-4-12-6-7-16(2)11-12/h4-5,8-10,12H,3,6-7,11H2,1-2H3. The molecule has 1 atom stereocenters. The third-order valence-corrected chi connectivity index (χ3v) is 3.03. The van der Waals surface area contributed by atoms with Crippen LogP contribution >= 0.6 is 0 Å². The van der Waals surface area contributed by atoms with E-state index in [9.17, 15) is 0 Å². The summed E-state index contributed by atoms with van der Waals surface area (Å²) in [6.45, 7) is 5.03. The van der Waals surface area contributed by atoms with Gasteiger partial charge in [-0.05, 0) is 44.5 Å². The van der Waals surface area contributed by atoms with E-state index in [4.69, 9.17) is 4.74 Å². The fourth-order valence-electron chi connectivity index (χ4n) is 2.15. The van der Waals surface area contributed by atoms with Gasteiger partial charge in [0.1, 0.15) is 5.75 Å². The van der Waals surface area contributed by atoms with Crippen LogP contribution in [-0.2, 0) is 0 Å². The highest BCUT2D eigenvalue weighted by molar-refractivity contribution is 5.50. The van der Waals surface area contributed by atoms with Crippen LogP contribution in [0, 0.1) is 5.92 Å². The average molecular weight is 232 g/mol. The second-order valence-corrected chi connectivity index (χ2v) is 4.56. The summed E-state index contributed by atoms with van der Waals surface area (Å²) in [5.74, 6) is 1.52. The minimum absolute atomic E-state index is 0.677. The molecule has 2 heterocycles. The van der Waals surface area contributed by atoms with Crippen molar-refractivity contribution in [2.45, 2.75) is 13.3 Å². The van der Waals surface area contributed by atoms with Gasteiger partial charge in [-0.3, -0.25) is 4.98 Å². The van der Waals surface area contributed by atoms with Crippen molar-refractivity contribution in [1.29, 1.82) is 0 Å². The van der Waals surface area contributed by atoms with E-state index in [0.29, 0.717) is 12.5 Å². The molecule has 0 amide bonds. The summed E-state index contributed by atoms with van der Waals surface area (Å²) in [7, 11) is 2.17. The van der Waals surface area contributed by atoms with Gasteiger partial charge in [0.25, 0.3) is 0 Å². The van der Waals surface area contributed by atoms with Gasteiger partial charge in [-0.2, -0.15) is 0 Å². The maximum atomic E-state index is 5.43. The fourth-order valence-corrected chi connectivity index (χ4v) is 2.15. The third-order valence-electron chi connectivity index (χ3n) is 3.03. The molecule has 1 unspecified atom stereocenters. The van der Waals surface area contributed by atoms with E-state index < -0.39 is 0 Å². The van der Waals surface area contributed by atoms with E-state index in [2.05, 4.69) is 29.1 Å². The van der Waals surface area contributed by atoms with E-state index in [1.165, 1.54) is 13.0 Å². The second kappa shape index (κ2) is 5.82.